The Kier molecular flexibility index (Phi) is 5.73. The number of hydrogen-bond donors (Lipinski definition) is 1. The third-order valence-electron chi connectivity index (χ3n) is 4.91. The van der Waals surface area contributed by atoms with Crippen LogP contribution < -0.4 is 14.8 Å². The summed E-state index contributed by atoms with van der Waals surface area (Å²) in [6, 6.07) is 7.05. The van der Waals surface area contributed by atoms with Gasteiger partial charge in [-0.25, -0.2) is 0 Å². The molecule has 1 fully saturated rings. The molecule has 1 atom stereocenters. The van der Waals surface area contributed by atoms with Crippen molar-refractivity contribution in [2.45, 2.75) is 19.3 Å². The number of rotatable bonds is 3. The molecule has 2 amide bonds. The monoisotopic (exact) mass is 420 g/mol. The lowest BCUT2D eigenvalue weighted by Crippen LogP contribution is -2.43. The molecular formula is C20H21ClN2O4S. The molecule has 1 saturated heterocycles. The van der Waals surface area contributed by atoms with Gasteiger partial charge in [-0.1, -0.05) is 17.7 Å². The number of benzene rings is 1. The van der Waals surface area contributed by atoms with Gasteiger partial charge >= 0.3 is 0 Å². The highest BCUT2D eigenvalue weighted by Gasteiger charge is 2.30. The van der Waals surface area contributed by atoms with Crippen molar-refractivity contribution in [3.63, 3.8) is 0 Å². The predicted molar refractivity (Wildman–Crippen MR) is 109 cm³/mol. The molecule has 0 spiro atoms. The molecule has 0 bridgehead atoms. The molecule has 4 rings (SSSR count). The molecule has 148 valence electrons. The number of carbonyl (C=O) groups excluding carboxylic acids is 2. The Morgan fingerprint density at radius 2 is 1.96 bits per heavy atom. The Hall–Kier alpha value is -2.25. The molecule has 0 aliphatic carbocycles. The number of carbonyl (C=O) groups is 2. The zero-order valence-electron chi connectivity index (χ0n) is 15.3. The number of nitrogens with zero attached hydrogens (tertiary/aromatic N) is 1. The van der Waals surface area contributed by atoms with E-state index in [-0.39, 0.29) is 17.7 Å². The van der Waals surface area contributed by atoms with E-state index in [9.17, 15) is 9.59 Å². The molecule has 1 N–H and O–H groups in total. The zero-order chi connectivity index (χ0) is 19.5. The van der Waals surface area contributed by atoms with Crippen LogP contribution in [-0.2, 0) is 4.79 Å². The Labute approximate surface area is 172 Å². The van der Waals surface area contributed by atoms with Crippen LogP contribution in [0.15, 0.2) is 29.6 Å². The lowest BCUT2D eigenvalue weighted by atomic mass is 9.97. The Bertz CT molecular complexity index is 871. The van der Waals surface area contributed by atoms with Crippen molar-refractivity contribution in [1.29, 1.82) is 0 Å². The Morgan fingerprint density at radius 1 is 1.18 bits per heavy atom. The van der Waals surface area contributed by atoms with Gasteiger partial charge in [0.25, 0.3) is 5.91 Å². The van der Waals surface area contributed by atoms with Gasteiger partial charge in [0, 0.05) is 31.6 Å². The number of nitrogens with one attached hydrogen (secondary N) is 1. The Morgan fingerprint density at radius 3 is 2.71 bits per heavy atom. The molecule has 8 heteroatoms. The summed E-state index contributed by atoms with van der Waals surface area (Å²) in [4.78, 5) is 27.9. The molecular weight excluding hydrogens is 400 g/mol. The van der Waals surface area contributed by atoms with E-state index < -0.39 is 0 Å². The molecule has 0 radical (unpaired) electrons. The smallest absolute Gasteiger partial charge is 0.263 e. The van der Waals surface area contributed by atoms with Crippen LogP contribution in [0.5, 0.6) is 11.5 Å². The summed E-state index contributed by atoms with van der Waals surface area (Å²) in [5.41, 5.74) is 0.498. The standard InChI is InChI=1S/C20H21ClN2O4S/c21-14-10-16-17(27-8-3-7-26-16)11-15(14)22-19(24)13-4-1-6-23(12-13)20(25)18-5-2-9-28-18/h2,5,9-11,13H,1,3-4,6-8,12H2,(H,22,24). The van der Waals surface area contributed by atoms with E-state index in [1.54, 1.807) is 17.0 Å². The summed E-state index contributed by atoms with van der Waals surface area (Å²) in [5, 5.41) is 5.19. The number of amides is 2. The zero-order valence-corrected chi connectivity index (χ0v) is 16.9. The van der Waals surface area contributed by atoms with Crippen LogP contribution >= 0.6 is 22.9 Å². The second-order valence-corrected chi connectivity index (χ2v) is 8.24. The highest BCUT2D eigenvalue weighted by Crippen LogP contribution is 2.38. The molecule has 1 aromatic carbocycles. The van der Waals surface area contributed by atoms with Gasteiger partial charge in [0.15, 0.2) is 11.5 Å². The number of anilines is 1. The lowest BCUT2D eigenvalue weighted by Gasteiger charge is -2.31. The van der Waals surface area contributed by atoms with Crippen molar-refractivity contribution in [2.75, 3.05) is 31.6 Å². The second kappa shape index (κ2) is 8.41. The van der Waals surface area contributed by atoms with Gasteiger partial charge in [-0.15, -0.1) is 11.3 Å². The quantitative estimate of drug-likeness (QED) is 0.813. The minimum absolute atomic E-state index is 0.0129. The maximum absolute atomic E-state index is 12.8. The van der Waals surface area contributed by atoms with Gasteiger partial charge in [0.2, 0.25) is 5.91 Å². The molecule has 6 nitrogen and oxygen atoms in total. The maximum Gasteiger partial charge on any atom is 0.263 e. The fraction of sp³-hybridized carbons (Fsp3) is 0.400. The number of likely N-dealkylation sites (tertiary alicyclic amines) is 1. The minimum Gasteiger partial charge on any atom is -0.490 e. The van der Waals surface area contributed by atoms with Crippen LogP contribution in [0, 0.1) is 5.92 Å². The van der Waals surface area contributed by atoms with E-state index in [4.69, 9.17) is 21.1 Å². The molecule has 2 aromatic rings. The third-order valence-corrected chi connectivity index (χ3v) is 6.08. The summed E-state index contributed by atoms with van der Waals surface area (Å²) in [6.07, 6.45) is 2.33. The Balaban J connectivity index is 1.45. The molecule has 1 unspecified atom stereocenters. The summed E-state index contributed by atoms with van der Waals surface area (Å²) in [6.45, 7) is 2.21. The van der Waals surface area contributed by atoms with Gasteiger partial charge < -0.3 is 19.7 Å². The van der Waals surface area contributed by atoms with Crippen molar-refractivity contribution in [3.8, 4) is 11.5 Å². The first-order chi connectivity index (χ1) is 13.6. The first-order valence-electron chi connectivity index (χ1n) is 9.34. The van der Waals surface area contributed by atoms with Crippen molar-refractivity contribution in [2.24, 2.45) is 5.92 Å². The highest BCUT2D eigenvalue weighted by atomic mass is 35.5. The van der Waals surface area contributed by atoms with Crippen molar-refractivity contribution in [3.05, 3.63) is 39.5 Å². The van der Waals surface area contributed by atoms with Gasteiger partial charge in [-0.3, -0.25) is 9.59 Å². The topological polar surface area (TPSA) is 67.9 Å². The summed E-state index contributed by atoms with van der Waals surface area (Å²) < 4.78 is 11.3. The number of thiophene rings is 1. The molecule has 3 heterocycles. The van der Waals surface area contributed by atoms with Crippen molar-refractivity contribution >= 4 is 40.4 Å². The van der Waals surface area contributed by atoms with Gasteiger partial charge in [0.1, 0.15) is 0 Å². The largest absolute Gasteiger partial charge is 0.490 e. The normalized spacial score (nSPS) is 19.0. The minimum atomic E-state index is -0.273. The number of piperidine rings is 1. The van der Waals surface area contributed by atoms with E-state index in [0.29, 0.717) is 53.4 Å². The van der Waals surface area contributed by atoms with Crippen LogP contribution in [0.3, 0.4) is 0 Å². The number of ether oxygens (including phenoxy) is 2. The summed E-state index contributed by atoms with van der Waals surface area (Å²) in [7, 11) is 0. The van der Waals surface area contributed by atoms with Gasteiger partial charge in [-0.2, -0.15) is 0 Å². The average molecular weight is 421 g/mol. The van der Waals surface area contributed by atoms with E-state index in [1.165, 1.54) is 11.3 Å². The molecule has 1 aromatic heterocycles. The summed E-state index contributed by atoms with van der Waals surface area (Å²) >= 11 is 7.75. The van der Waals surface area contributed by atoms with Gasteiger partial charge in [-0.05, 0) is 24.3 Å². The second-order valence-electron chi connectivity index (χ2n) is 6.89. The first kappa shape index (κ1) is 19.1. The number of hydrogen-bond acceptors (Lipinski definition) is 5. The first-order valence-corrected chi connectivity index (χ1v) is 10.6. The van der Waals surface area contributed by atoms with Crippen molar-refractivity contribution < 1.29 is 19.1 Å². The fourth-order valence-corrected chi connectivity index (χ4v) is 4.34. The van der Waals surface area contributed by atoms with E-state index in [0.717, 1.165) is 19.3 Å². The van der Waals surface area contributed by atoms with Crippen LogP contribution in [0.25, 0.3) is 0 Å². The molecule has 2 aliphatic rings. The van der Waals surface area contributed by atoms with Crippen molar-refractivity contribution in [1.82, 2.24) is 4.90 Å². The predicted octanol–water partition coefficient (Wildman–Crippen LogP) is 4.05. The van der Waals surface area contributed by atoms with Crippen LogP contribution in [0.1, 0.15) is 28.9 Å². The maximum atomic E-state index is 12.8. The van der Waals surface area contributed by atoms with E-state index >= 15 is 0 Å². The third kappa shape index (κ3) is 4.10. The lowest BCUT2D eigenvalue weighted by molar-refractivity contribution is -0.121. The molecule has 0 saturated carbocycles. The number of fused-ring (bicyclic) bond motifs is 1. The van der Waals surface area contributed by atoms with E-state index in [1.807, 2.05) is 17.5 Å². The average Bonchev–Trinajstić information content (AvgIpc) is 3.15. The number of halogens is 1. The summed E-state index contributed by atoms with van der Waals surface area (Å²) in [5.74, 6) is 0.743. The van der Waals surface area contributed by atoms with Crippen LogP contribution in [-0.4, -0.2) is 43.0 Å². The molecule has 2 aliphatic heterocycles. The fourth-order valence-electron chi connectivity index (χ4n) is 3.45. The van der Waals surface area contributed by atoms with Crippen LogP contribution in [0.4, 0.5) is 5.69 Å². The molecule has 28 heavy (non-hydrogen) atoms. The van der Waals surface area contributed by atoms with Crippen LogP contribution in [0.2, 0.25) is 5.02 Å². The SMILES string of the molecule is O=C(Nc1cc2c(cc1Cl)OCCCO2)C1CCCN(C(=O)c2cccs2)C1. The van der Waals surface area contributed by atoms with Gasteiger partial charge in [0.05, 0.1) is 34.7 Å². The highest BCUT2D eigenvalue weighted by molar-refractivity contribution is 7.12. The van der Waals surface area contributed by atoms with E-state index in [2.05, 4.69) is 5.32 Å².